The minimum Gasteiger partial charge on any atom is -0.385 e. The predicted octanol–water partition coefficient (Wildman–Crippen LogP) is 3.96. The molecule has 1 aliphatic heterocycles. The molecule has 0 fully saturated rings. The van der Waals surface area contributed by atoms with Gasteiger partial charge in [0, 0.05) is 48.2 Å². The van der Waals surface area contributed by atoms with Gasteiger partial charge in [0.2, 0.25) is 0 Å². The summed E-state index contributed by atoms with van der Waals surface area (Å²) in [5.74, 6) is -0.715. The first-order valence-electron chi connectivity index (χ1n) is 10.7. The van der Waals surface area contributed by atoms with Crippen LogP contribution in [0.3, 0.4) is 0 Å². The molecule has 7 heteroatoms. The van der Waals surface area contributed by atoms with E-state index in [0.717, 1.165) is 35.1 Å². The molecule has 0 aliphatic carbocycles. The minimum absolute atomic E-state index is 0.157. The number of anilines is 2. The molecule has 5 rings (SSSR count). The Kier molecular flexibility index (Phi) is 4.44. The maximum atomic E-state index is 13.6. The highest BCUT2D eigenvalue weighted by Crippen LogP contribution is 2.37. The molecule has 4 aromatic rings. The number of imide groups is 1. The third-order valence-corrected chi connectivity index (χ3v) is 6.30. The van der Waals surface area contributed by atoms with E-state index in [0.29, 0.717) is 27.7 Å². The van der Waals surface area contributed by atoms with Gasteiger partial charge in [0.1, 0.15) is 0 Å². The Morgan fingerprint density at radius 3 is 2.22 bits per heavy atom. The lowest BCUT2D eigenvalue weighted by Gasteiger charge is -2.29. The molecule has 1 N–H and O–H groups in total. The molecule has 3 aromatic carbocycles. The number of nitrogens with one attached hydrogen (secondary N) is 1. The number of benzene rings is 3. The molecule has 7 nitrogen and oxygen atoms in total. The lowest BCUT2D eigenvalue weighted by Crippen LogP contribution is -2.41. The molecule has 2 heterocycles. The number of hydrogen-bond acceptors (Lipinski definition) is 4. The number of hydrogen-bond donors (Lipinski definition) is 1. The molecule has 0 radical (unpaired) electrons. The van der Waals surface area contributed by atoms with Crippen molar-refractivity contribution in [2.45, 2.75) is 20.3 Å². The number of amides is 2. The van der Waals surface area contributed by atoms with Gasteiger partial charge in [-0.05, 0) is 49.2 Å². The Balaban J connectivity index is 1.72. The molecular weight excluding hydrogens is 404 g/mol. The quantitative estimate of drug-likeness (QED) is 0.499. The normalized spacial score (nSPS) is 13.4. The monoisotopic (exact) mass is 428 g/mol. The van der Waals surface area contributed by atoms with Gasteiger partial charge in [-0.3, -0.25) is 18.7 Å². The zero-order chi connectivity index (χ0) is 22.7. The van der Waals surface area contributed by atoms with Gasteiger partial charge in [0.05, 0.1) is 16.7 Å². The van der Waals surface area contributed by atoms with E-state index in [1.807, 2.05) is 31.2 Å². The van der Waals surface area contributed by atoms with Crippen LogP contribution in [0.5, 0.6) is 0 Å². The van der Waals surface area contributed by atoms with Crippen molar-refractivity contribution < 1.29 is 9.59 Å². The van der Waals surface area contributed by atoms with E-state index in [9.17, 15) is 14.4 Å². The van der Waals surface area contributed by atoms with Crippen LogP contribution in [0.25, 0.3) is 21.8 Å². The fourth-order valence-corrected chi connectivity index (χ4v) is 4.61. The van der Waals surface area contributed by atoms with Crippen LogP contribution in [-0.4, -0.2) is 27.5 Å². The molecule has 32 heavy (non-hydrogen) atoms. The van der Waals surface area contributed by atoms with Crippen molar-refractivity contribution in [3.63, 3.8) is 0 Å². The topological polar surface area (TPSA) is 76.3 Å². The first kappa shape index (κ1) is 20.1. The lowest BCUT2D eigenvalue weighted by atomic mass is 9.92. The number of carbonyl (C=O) groups is 2. The van der Waals surface area contributed by atoms with Crippen molar-refractivity contribution in [1.29, 1.82) is 0 Å². The van der Waals surface area contributed by atoms with Crippen LogP contribution in [0.1, 0.15) is 39.6 Å². The Morgan fingerprint density at radius 2 is 1.53 bits per heavy atom. The van der Waals surface area contributed by atoms with Gasteiger partial charge in [0.25, 0.3) is 11.8 Å². The third-order valence-electron chi connectivity index (χ3n) is 6.30. The van der Waals surface area contributed by atoms with E-state index >= 15 is 0 Å². The van der Waals surface area contributed by atoms with Gasteiger partial charge in [-0.1, -0.05) is 19.1 Å². The summed E-state index contributed by atoms with van der Waals surface area (Å²) in [6.45, 7) is 4.74. The van der Waals surface area contributed by atoms with E-state index in [1.165, 1.54) is 9.47 Å². The summed E-state index contributed by atoms with van der Waals surface area (Å²) in [5.41, 5.74) is 4.42. The molecule has 0 bridgehead atoms. The molecule has 0 spiro atoms. The fraction of sp³-hybridized carbons (Fsp3) is 0.240. The zero-order valence-corrected chi connectivity index (χ0v) is 18.5. The first-order valence-corrected chi connectivity index (χ1v) is 10.7. The van der Waals surface area contributed by atoms with Crippen molar-refractivity contribution in [2.24, 2.45) is 14.1 Å². The summed E-state index contributed by atoms with van der Waals surface area (Å²) >= 11 is 0. The summed E-state index contributed by atoms with van der Waals surface area (Å²) in [7, 11) is 3.40. The lowest BCUT2D eigenvalue weighted by molar-refractivity contribution is 0.0893. The highest BCUT2D eigenvalue weighted by Gasteiger charge is 2.35. The van der Waals surface area contributed by atoms with Crippen molar-refractivity contribution >= 4 is 45.0 Å². The highest BCUT2D eigenvalue weighted by molar-refractivity contribution is 6.36. The van der Waals surface area contributed by atoms with Gasteiger partial charge in [-0.2, -0.15) is 0 Å². The Morgan fingerprint density at radius 1 is 0.875 bits per heavy atom. The minimum atomic E-state index is -0.357. The SMILES string of the molecule is CCCNc1ccc2c3c(cccc13)C(=O)N(c1cc3c(cc1C)n(C)c(=O)n3C)C2=O. The fourth-order valence-electron chi connectivity index (χ4n) is 4.61. The predicted molar refractivity (Wildman–Crippen MR) is 127 cm³/mol. The standard InChI is InChI=1S/C25H24N4O3/c1-5-11-26-18-10-9-17-22-15(18)7-6-8-16(22)23(30)29(24(17)31)19-13-21-20(12-14(19)2)27(3)25(32)28(21)4/h6-10,12-13,26H,5,11H2,1-4H3. The maximum Gasteiger partial charge on any atom is 0.328 e. The van der Waals surface area contributed by atoms with E-state index < -0.39 is 0 Å². The van der Waals surface area contributed by atoms with Crippen LogP contribution in [0.15, 0.2) is 47.3 Å². The number of rotatable bonds is 4. The van der Waals surface area contributed by atoms with Crippen molar-refractivity contribution in [2.75, 3.05) is 16.8 Å². The molecule has 0 saturated heterocycles. The van der Waals surface area contributed by atoms with Crippen molar-refractivity contribution in [1.82, 2.24) is 9.13 Å². The summed E-state index contributed by atoms with van der Waals surface area (Å²) in [5, 5.41) is 4.94. The average molecular weight is 428 g/mol. The average Bonchev–Trinajstić information content (AvgIpc) is 2.99. The summed E-state index contributed by atoms with van der Waals surface area (Å²) in [4.78, 5) is 40.8. The van der Waals surface area contributed by atoms with Gasteiger partial charge < -0.3 is 5.32 Å². The Bertz CT molecular complexity index is 1490. The van der Waals surface area contributed by atoms with E-state index in [2.05, 4.69) is 12.2 Å². The molecule has 1 aromatic heterocycles. The molecular formula is C25H24N4O3. The van der Waals surface area contributed by atoms with E-state index in [1.54, 1.807) is 36.9 Å². The number of carbonyl (C=O) groups excluding carboxylic acids is 2. The van der Waals surface area contributed by atoms with Gasteiger partial charge in [0.15, 0.2) is 0 Å². The highest BCUT2D eigenvalue weighted by atomic mass is 16.2. The zero-order valence-electron chi connectivity index (χ0n) is 18.5. The van der Waals surface area contributed by atoms with Crippen molar-refractivity contribution in [3.8, 4) is 0 Å². The molecule has 1 aliphatic rings. The van der Waals surface area contributed by atoms with E-state index in [4.69, 9.17) is 0 Å². The molecule has 0 atom stereocenters. The van der Waals surface area contributed by atoms with Crippen LogP contribution in [-0.2, 0) is 14.1 Å². The summed E-state index contributed by atoms with van der Waals surface area (Å²) in [6.07, 6.45) is 0.971. The van der Waals surface area contributed by atoms with Crippen molar-refractivity contribution in [3.05, 3.63) is 69.6 Å². The summed E-state index contributed by atoms with van der Waals surface area (Å²) in [6, 6.07) is 12.8. The second kappa shape index (κ2) is 7.09. The molecule has 0 saturated carbocycles. The first-order chi connectivity index (χ1) is 15.3. The second-order valence-electron chi connectivity index (χ2n) is 8.29. The van der Waals surface area contributed by atoms with Gasteiger partial charge in [-0.25, -0.2) is 9.69 Å². The van der Waals surface area contributed by atoms with Crippen LogP contribution >= 0.6 is 0 Å². The van der Waals surface area contributed by atoms with Crippen LogP contribution in [0.2, 0.25) is 0 Å². The maximum absolute atomic E-state index is 13.6. The van der Waals surface area contributed by atoms with Gasteiger partial charge in [-0.15, -0.1) is 0 Å². The van der Waals surface area contributed by atoms with Crippen LogP contribution in [0, 0.1) is 6.92 Å². The number of fused-ring (bicyclic) bond motifs is 1. The number of aryl methyl sites for hydroxylation is 3. The van der Waals surface area contributed by atoms with E-state index in [-0.39, 0.29) is 17.5 Å². The smallest absolute Gasteiger partial charge is 0.328 e. The van der Waals surface area contributed by atoms with Crippen LogP contribution in [0.4, 0.5) is 11.4 Å². The second-order valence-corrected chi connectivity index (χ2v) is 8.29. The summed E-state index contributed by atoms with van der Waals surface area (Å²) < 4.78 is 3.09. The number of nitrogens with zero attached hydrogens (tertiary/aromatic N) is 3. The van der Waals surface area contributed by atoms with Crippen LogP contribution < -0.4 is 15.9 Å². The molecule has 0 unspecified atom stereocenters. The molecule has 2 amide bonds. The third kappa shape index (κ3) is 2.64. The van der Waals surface area contributed by atoms with Gasteiger partial charge >= 0.3 is 5.69 Å². The number of imidazole rings is 1. The molecule has 162 valence electrons. The largest absolute Gasteiger partial charge is 0.385 e. The number of aromatic nitrogens is 2. The Labute approximate surface area is 184 Å². The Hall–Kier alpha value is -3.87.